The van der Waals surface area contributed by atoms with Gasteiger partial charge in [-0.1, -0.05) is 0 Å². The summed E-state index contributed by atoms with van der Waals surface area (Å²) in [5.41, 5.74) is 0. The first kappa shape index (κ1) is 16.0. The molecule has 0 heterocycles. The second-order valence-corrected chi connectivity index (χ2v) is 0. The van der Waals surface area contributed by atoms with Crippen LogP contribution in [0.5, 0.6) is 0 Å². The van der Waals surface area contributed by atoms with E-state index in [1.807, 2.05) is 0 Å². The van der Waals surface area contributed by atoms with E-state index in [0.717, 1.165) is 0 Å². The van der Waals surface area contributed by atoms with E-state index in [0.29, 0.717) is 0 Å². The van der Waals surface area contributed by atoms with Crippen LogP contribution in [-0.4, -0.2) is 28.4 Å². The Morgan fingerprint density at radius 1 is 1.25 bits per heavy atom. The standard InChI is InChI=1S/Na.Ni.H2Se2.H/c;;1-2;/h;;1-2H;/q+1;;;-1. The average molecular weight is 243 g/mol. The molecule has 0 aliphatic rings. The molecule has 26 valence electrons. The van der Waals surface area contributed by atoms with E-state index >= 15 is 0 Å². The molecule has 0 aliphatic carbocycles. The van der Waals surface area contributed by atoms with Crippen LogP contribution in [-0.2, 0) is 16.5 Å². The molecule has 0 aromatic carbocycles. The van der Waals surface area contributed by atoms with Gasteiger partial charge in [0.2, 0.25) is 0 Å². The summed E-state index contributed by atoms with van der Waals surface area (Å²) in [7, 11) is 0. The third-order valence-electron chi connectivity index (χ3n) is 0. The van der Waals surface area contributed by atoms with Gasteiger partial charge in [0.1, 0.15) is 0 Å². The van der Waals surface area contributed by atoms with E-state index in [9.17, 15) is 0 Å². The molecular weight excluding hydrogens is 240 g/mol. The number of rotatable bonds is 0. The van der Waals surface area contributed by atoms with Crippen molar-refractivity contribution in [2.45, 2.75) is 0 Å². The molecule has 0 rings (SSSR count). The molecule has 0 saturated heterocycles. The van der Waals surface area contributed by atoms with Gasteiger partial charge in [-0.25, -0.2) is 0 Å². The van der Waals surface area contributed by atoms with Gasteiger partial charge in [-0.05, 0) is 0 Å². The Kier molecular flexibility index (Phi) is 71.0. The van der Waals surface area contributed by atoms with Gasteiger partial charge in [-0.15, -0.1) is 0 Å². The Hall–Kier alpha value is 2.53. The van der Waals surface area contributed by atoms with Gasteiger partial charge in [0.15, 0.2) is 0 Å². The van der Waals surface area contributed by atoms with E-state index < -0.39 is 0 Å². The third kappa shape index (κ3) is 8.82. The van der Waals surface area contributed by atoms with Crippen LogP contribution in [0.1, 0.15) is 1.43 Å². The number of hydrogen-bond acceptors (Lipinski definition) is 0. The van der Waals surface area contributed by atoms with E-state index in [2.05, 4.69) is 28.4 Å². The minimum absolute atomic E-state index is 0. The van der Waals surface area contributed by atoms with Crippen molar-refractivity contribution in [1.29, 1.82) is 0 Å². The van der Waals surface area contributed by atoms with Crippen molar-refractivity contribution in [3.8, 4) is 0 Å². The van der Waals surface area contributed by atoms with Gasteiger partial charge in [-0.3, -0.25) is 0 Å². The molecule has 0 saturated carbocycles. The summed E-state index contributed by atoms with van der Waals surface area (Å²) in [6.45, 7) is 0. The van der Waals surface area contributed by atoms with E-state index in [1.165, 1.54) is 0 Å². The molecule has 0 bridgehead atoms. The Morgan fingerprint density at radius 2 is 1.25 bits per heavy atom. The molecule has 0 amide bonds. The molecule has 0 fully saturated rings. The molecule has 0 aromatic heterocycles. The molecule has 0 atom stereocenters. The Bertz CT molecular complexity index is 9.61. The van der Waals surface area contributed by atoms with Crippen molar-refractivity contribution in [2.75, 3.05) is 0 Å². The van der Waals surface area contributed by atoms with Crippen LogP contribution >= 0.6 is 0 Å². The van der Waals surface area contributed by atoms with Crippen LogP contribution in [0.2, 0.25) is 0 Å². The maximum atomic E-state index is 2.25. The van der Waals surface area contributed by atoms with Crippen LogP contribution in [0.15, 0.2) is 0 Å². The second-order valence-electron chi connectivity index (χ2n) is 0. The zero-order chi connectivity index (χ0) is 2.00. The van der Waals surface area contributed by atoms with Crippen molar-refractivity contribution in [1.82, 2.24) is 0 Å². The monoisotopic (exact) mass is 244 g/mol. The topological polar surface area (TPSA) is 0 Å². The molecular formula is H3NaNiSe2. The van der Waals surface area contributed by atoms with Crippen LogP contribution in [0, 0.1) is 0 Å². The van der Waals surface area contributed by atoms with Crippen LogP contribution < -0.4 is 29.6 Å². The van der Waals surface area contributed by atoms with Crippen LogP contribution in [0.3, 0.4) is 0 Å². The first-order valence-electron chi connectivity index (χ1n) is 0.200. The van der Waals surface area contributed by atoms with Crippen LogP contribution in [0.4, 0.5) is 0 Å². The molecule has 0 radical (unpaired) electrons. The molecule has 0 N–H and O–H groups in total. The molecule has 0 aliphatic heterocycles. The summed E-state index contributed by atoms with van der Waals surface area (Å²) in [6, 6.07) is 0. The quantitative estimate of drug-likeness (QED) is 0.378. The average Bonchev–Trinajstić information content (AvgIpc) is 1.00. The molecule has 0 unspecified atom stereocenters. The summed E-state index contributed by atoms with van der Waals surface area (Å²) >= 11 is 4.50. The minimum atomic E-state index is 0. The summed E-state index contributed by atoms with van der Waals surface area (Å²) in [5.74, 6) is 0. The van der Waals surface area contributed by atoms with E-state index in [4.69, 9.17) is 0 Å². The predicted molar refractivity (Wildman–Crippen MR) is 15.4 cm³/mol. The fraction of sp³-hybridized carbons (Fsp3) is 0. The summed E-state index contributed by atoms with van der Waals surface area (Å²) in [4.78, 5) is 0. The van der Waals surface area contributed by atoms with Crippen molar-refractivity contribution in [3.05, 3.63) is 0 Å². The number of hydrogen-bond donors (Lipinski definition) is 0. The zero-order valence-electron chi connectivity index (χ0n) is 3.21. The fourth-order valence-corrected chi connectivity index (χ4v) is 0. The van der Waals surface area contributed by atoms with Crippen molar-refractivity contribution in [2.24, 2.45) is 0 Å². The Balaban J connectivity index is -0.00000000167. The molecule has 4 heavy (non-hydrogen) atoms. The Morgan fingerprint density at radius 3 is 1.25 bits per heavy atom. The van der Waals surface area contributed by atoms with Gasteiger partial charge in [-0.2, -0.15) is 0 Å². The first-order valence-corrected chi connectivity index (χ1v) is 5.40. The van der Waals surface area contributed by atoms with E-state index in [1.54, 1.807) is 0 Å². The second kappa shape index (κ2) is 17.7. The van der Waals surface area contributed by atoms with Gasteiger partial charge in [0.25, 0.3) is 0 Å². The van der Waals surface area contributed by atoms with Crippen LogP contribution in [0.25, 0.3) is 0 Å². The SMILES string of the molecule is [H-].[Na+].[Ni].[SeH][SeH]. The third-order valence-corrected chi connectivity index (χ3v) is 0. The van der Waals surface area contributed by atoms with Gasteiger partial charge in [0, 0.05) is 16.5 Å². The summed E-state index contributed by atoms with van der Waals surface area (Å²) in [5, 5.41) is 0. The van der Waals surface area contributed by atoms with Gasteiger partial charge in [0.05, 0.1) is 0 Å². The van der Waals surface area contributed by atoms with E-state index in [-0.39, 0.29) is 47.5 Å². The maximum absolute atomic E-state index is 2.25. The molecule has 0 aromatic rings. The fourth-order valence-electron chi connectivity index (χ4n) is 0. The first-order chi connectivity index (χ1) is 1.00. The molecule has 0 nitrogen and oxygen atoms in total. The predicted octanol–water partition coefficient (Wildman–Crippen LogP) is -4.18. The zero-order valence-corrected chi connectivity index (χ0v) is 8.95. The van der Waals surface area contributed by atoms with Gasteiger partial charge >= 0.3 is 57.9 Å². The van der Waals surface area contributed by atoms with Crippen molar-refractivity contribution < 1.29 is 47.5 Å². The Labute approximate surface area is 74.7 Å². The summed E-state index contributed by atoms with van der Waals surface area (Å²) in [6.07, 6.45) is 0. The summed E-state index contributed by atoms with van der Waals surface area (Å²) < 4.78 is 0. The molecule has 4 heteroatoms. The van der Waals surface area contributed by atoms with Crippen molar-refractivity contribution >= 4 is 28.4 Å². The normalized spacial score (nSPS) is 1.50. The van der Waals surface area contributed by atoms with Gasteiger partial charge < -0.3 is 1.43 Å². The van der Waals surface area contributed by atoms with Crippen molar-refractivity contribution in [3.63, 3.8) is 0 Å². The molecule has 0 spiro atoms.